The van der Waals surface area contributed by atoms with E-state index in [4.69, 9.17) is 16.3 Å². The van der Waals surface area contributed by atoms with Gasteiger partial charge in [0.15, 0.2) is 0 Å². The fourth-order valence-electron chi connectivity index (χ4n) is 1.65. The third-order valence-electron chi connectivity index (χ3n) is 2.71. The Morgan fingerprint density at radius 1 is 1.55 bits per heavy atom. The Bertz CT molecular complexity index is 440. The minimum atomic E-state index is -0.176. The first-order valence-corrected chi connectivity index (χ1v) is 7.12. The second-order valence-electron chi connectivity index (χ2n) is 4.75. The van der Waals surface area contributed by atoms with Crippen molar-refractivity contribution in [2.75, 3.05) is 32.1 Å². The third-order valence-corrected chi connectivity index (χ3v) is 3.00. The van der Waals surface area contributed by atoms with Crippen molar-refractivity contribution in [2.24, 2.45) is 5.92 Å². The topological polar surface area (TPSA) is 63.2 Å². The van der Waals surface area contributed by atoms with E-state index in [-0.39, 0.29) is 11.8 Å². The highest BCUT2D eigenvalue weighted by Crippen LogP contribution is 2.20. The Morgan fingerprint density at radius 3 is 2.90 bits per heavy atom. The number of ether oxygens (including phenoxy) is 1. The van der Waals surface area contributed by atoms with Crippen LogP contribution in [0.5, 0.6) is 0 Å². The first-order chi connectivity index (χ1) is 9.58. The van der Waals surface area contributed by atoms with Crippen molar-refractivity contribution in [2.45, 2.75) is 20.3 Å². The number of methoxy groups -OCH3 is 1. The van der Waals surface area contributed by atoms with Crippen LogP contribution in [0.1, 0.15) is 30.6 Å². The number of pyridine rings is 1. The molecule has 1 aromatic heterocycles. The van der Waals surface area contributed by atoms with Gasteiger partial charge in [-0.3, -0.25) is 4.79 Å². The Morgan fingerprint density at radius 2 is 2.30 bits per heavy atom. The summed E-state index contributed by atoms with van der Waals surface area (Å²) in [5.41, 5.74) is 0.460. The molecule has 0 aromatic carbocycles. The summed E-state index contributed by atoms with van der Waals surface area (Å²) in [7, 11) is 1.64. The molecule has 2 N–H and O–H groups in total. The van der Waals surface area contributed by atoms with Crippen LogP contribution in [0.4, 0.5) is 5.82 Å². The number of nitrogens with zero attached hydrogens (tertiary/aromatic N) is 1. The molecule has 1 aromatic rings. The molecule has 0 aliphatic heterocycles. The lowest BCUT2D eigenvalue weighted by atomic mass is 10.2. The Hall–Kier alpha value is -1.33. The number of anilines is 1. The zero-order valence-electron chi connectivity index (χ0n) is 12.2. The summed E-state index contributed by atoms with van der Waals surface area (Å²) in [6.45, 7) is 6.03. The smallest absolute Gasteiger partial charge is 0.252 e. The van der Waals surface area contributed by atoms with E-state index in [1.165, 1.54) is 6.20 Å². The highest BCUT2D eigenvalue weighted by atomic mass is 35.5. The van der Waals surface area contributed by atoms with E-state index in [1.54, 1.807) is 13.2 Å². The van der Waals surface area contributed by atoms with Crippen LogP contribution in [0.15, 0.2) is 12.3 Å². The Kier molecular flexibility index (Phi) is 7.33. The second-order valence-corrected chi connectivity index (χ2v) is 5.16. The zero-order valence-corrected chi connectivity index (χ0v) is 13.0. The van der Waals surface area contributed by atoms with Crippen LogP contribution in [0, 0.1) is 5.92 Å². The molecule has 6 heteroatoms. The number of hydrogen-bond acceptors (Lipinski definition) is 4. The second kappa shape index (κ2) is 8.76. The lowest BCUT2D eigenvalue weighted by Crippen LogP contribution is -2.30. The van der Waals surface area contributed by atoms with Crippen LogP contribution < -0.4 is 10.6 Å². The molecule has 1 amide bonds. The van der Waals surface area contributed by atoms with Crippen molar-refractivity contribution < 1.29 is 9.53 Å². The molecule has 0 saturated heterocycles. The zero-order chi connectivity index (χ0) is 15.0. The van der Waals surface area contributed by atoms with Gasteiger partial charge in [-0.25, -0.2) is 4.98 Å². The number of nitrogens with one attached hydrogen (secondary N) is 2. The summed E-state index contributed by atoms with van der Waals surface area (Å²) in [5, 5.41) is 6.39. The molecule has 0 aliphatic carbocycles. The molecular weight excluding hydrogens is 278 g/mol. The average molecular weight is 300 g/mol. The summed E-state index contributed by atoms with van der Waals surface area (Å²) in [6, 6.07) is 1.63. The molecular formula is C14H22ClN3O2. The number of aromatic nitrogens is 1. The largest absolute Gasteiger partial charge is 0.384 e. The minimum absolute atomic E-state index is 0.176. The molecule has 0 aliphatic rings. The van der Waals surface area contributed by atoms with Crippen LogP contribution in [0.3, 0.4) is 0 Å². The van der Waals surface area contributed by atoms with Crippen molar-refractivity contribution in [3.63, 3.8) is 0 Å². The van der Waals surface area contributed by atoms with E-state index in [0.717, 1.165) is 13.0 Å². The van der Waals surface area contributed by atoms with Gasteiger partial charge in [-0.1, -0.05) is 25.4 Å². The van der Waals surface area contributed by atoms with E-state index >= 15 is 0 Å². The number of carbonyl (C=O) groups excluding carboxylic acids is 1. The van der Waals surface area contributed by atoms with Crippen LogP contribution >= 0.6 is 11.6 Å². The van der Waals surface area contributed by atoms with Crippen LogP contribution in [0.2, 0.25) is 5.02 Å². The van der Waals surface area contributed by atoms with Crippen LogP contribution in [0.25, 0.3) is 0 Å². The highest BCUT2D eigenvalue weighted by Gasteiger charge is 2.11. The monoisotopic (exact) mass is 299 g/mol. The maximum atomic E-state index is 12.0. The molecule has 20 heavy (non-hydrogen) atoms. The van der Waals surface area contributed by atoms with Gasteiger partial charge in [0.2, 0.25) is 0 Å². The van der Waals surface area contributed by atoms with E-state index in [2.05, 4.69) is 22.5 Å². The minimum Gasteiger partial charge on any atom is -0.384 e. The average Bonchev–Trinajstić information content (AvgIpc) is 2.43. The van der Waals surface area contributed by atoms with Gasteiger partial charge in [0.05, 0.1) is 17.2 Å². The number of halogens is 1. The summed E-state index contributed by atoms with van der Waals surface area (Å²) in [6.07, 6.45) is 2.51. The summed E-state index contributed by atoms with van der Waals surface area (Å²) in [5.74, 6) is 0.695. The third kappa shape index (κ3) is 5.35. The summed E-state index contributed by atoms with van der Waals surface area (Å²) >= 11 is 6.10. The van der Waals surface area contributed by atoms with Crippen molar-refractivity contribution in [3.05, 3.63) is 22.8 Å². The molecule has 0 saturated carbocycles. The molecule has 0 fully saturated rings. The lowest BCUT2D eigenvalue weighted by Gasteiger charge is -2.12. The Labute approximate surface area is 125 Å². The predicted octanol–water partition coefficient (Wildman–Crippen LogP) is 2.57. The van der Waals surface area contributed by atoms with E-state index in [0.29, 0.717) is 29.6 Å². The van der Waals surface area contributed by atoms with E-state index < -0.39 is 0 Å². The van der Waals surface area contributed by atoms with Gasteiger partial charge in [0.25, 0.3) is 5.91 Å². The van der Waals surface area contributed by atoms with Gasteiger partial charge >= 0.3 is 0 Å². The molecule has 0 radical (unpaired) electrons. The highest BCUT2D eigenvalue weighted by molar-refractivity contribution is 6.33. The number of rotatable bonds is 8. The van der Waals surface area contributed by atoms with Crippen molar-refractivity contribution in [1.82, 2.24) is 10.3 Å². The fourth-order valence-corrected chi connectivity index (χ4v) is 1.88. The molecule has 5 nitrogen and oxygen atoms in total. The van der Waals surface area contributed by atoms with Crippen molar-refractivity contribution in [3.8, 4) is 0 Å². The van der Waals surface area contributed by atoms with E-state index in [1.807, 2.05) is 6.92 Å². The van der Waals surface area contributed by atoms with Gasteiger partial charge in [-0.05, 0) is 18.4 Å². The molecule has 1 unspecified atom stereocenters. The molecule has 0 bridgehead atoms. The normalized spacial score (nSPS) is 12.0. The van der Waals surface area contributed by atoms with E-state index in [9.17, 15) is 4.79 Å². The number of hydrogen-bond donors (Lipinski definition) is 2. The molecule has 112 valence electrons. The molecule has 1 atom stereocenters. The predicted molar refractivity (Wildman–Crippen MR) is 81.4 cm³/mol. The van der Waals surface area contributed by atoms with Gasteiger partial charge in [0.1, 0.15) is 5.82 Å². The molecule has 0 spiro atoms. The van der Waals surface area contributed by atoms with Gasteiger partial charge in [-0.2, -0.15) is 0 Å². The van der Waals surface area contributed by atoms with Gasteiger partial charge in [-0.15, -0.1) is 0 Å². The first-order valence-electron chi connectivity index (χ1n) is 6.75. The number of carbonyl (C=O) groups is 1. The lowest BCUT2D eigenvalue weighted by molar-refractivity contribution is 0.0934. The van der Waals surface area contributed by atoms with Crippen molar-refractivity contribution in [1.29, 1.82) is 0 Å². The van der Waals surface area contributed by atoms with Crippen molar-refractivity contribution >= 4 is 23.3 Å². The Balaban J connectivity index is 2.58. The van der Waals surface area contributed by atoms with Crippen LogP contribution in [-0.4, -0.2) is 37.7 Å². The standard InChI is InChI=1S/C14H22ClN3O2/c1-4-5-16-13-12(15)6-11(8-17-13)14(19)18-7-10(2)9-20-3/h6,8,10H,4-5,7,9H2,1-3H3,(H,16,17)(H,18,19). The SMILES string of the molecule is CCCNc1ncc(C(=O)NCC(C)COC)cc1Cl. The maximum absolute atomic E-state index is 12.0. The van der Waals surface area contributed by atoms with Gasteiger partial charge < -0.3 is 15.4 Å². The maximum Gasteiger partial charge on any atom is 0.252 e. The van der Waals surface area contributed by atoms with Gasteiger partial charge in [0, 0.05) is 26.4 Å². The van der Waals surface area contributed by atoms with Crippen LogP contribution in [-0.2, 0) is 4.74 Å². The summed E-state index contributed by atoms with van der Waals surface area (Å²) in [4.78, 5) is 16.1. The molecule has 1 heterocycles. The quantitative estimate of drug-likeness (QED) is 0.774. The fraction of sp³-hybridized carbons (Fsp3) is 0.571. The first kappa shape index (κ1) is 16.7. The molecule has 1 rings (SSSR count). The summed E-state index contributed by atoms with van der Waals surface area (Å²) < 4.78 is 5.02. The number of amides is 1.